The van der Waals surface area contributed by atoms with Crippen LogP contribution in [0.5, 0.6) is 0 Å². The summed E-state index contributed by atoms with van der Waals surface area (Å²) >= 11 is 0. The summed E-state index contributed by atoms with van der Waals surface area (Å²) in [6, 6.07) is 10.8. The largest absolute Gasteiger partial charge is 0.465 e. The first-order valence-electron chi connectivity index (χ1n) is 4.83. The predicted octanol–water partition coefficient (Wildman–Crippen LogP) is 2.44. The molecule has 0 aliphatic heterocycles. The fourth-order valence-corrected chi connectivity index (χ4v) is 1.71. The number of rotatable bonds is 2. The number of fused-ring (bicyclic) bond motifs is 1. The molecular formula is C13H10O3. The van der Waals surface area contributed by atoms with Gasteiger partial charge in [-0.3, -0.25) is 4.79 Å². The Morgan fingerprint density at radius 1 is 1.19 bits per heavy atom. The third-order valence-corrected chi connectivity index (χ3v) is 2.49. The van der Waals surface area contributed by atoms with Crippen LogP contribution in [0.2, 0.25) is 0 Å². The first-order chi connectivity index (χ1) is 7.77. The van der Waals surface area contributed by atoms with E-state index in [0.717, 1.165) is 10.8 Å². The Morgan fingerprint density at radius 2 is 1.94 bits per heavy atom. The molecule has 0 saturated carbocycles. The Balaban J connectivity index is 2.77. The van der Waals surface area contributed by atoms with E-state index in [-0.39, 0.29) is 0 Å². The lowest BCUT2D eigenvalue weighted by atomic mass is 10.00. The highest BCUT2D eigenvalue weighted by Crippen LogP contribution is 2.21. The van der Waals surface area contributed by atoms with Crippen LogP contribution in [-0.2, 0) is 4.74 Å². The Hall–Kier alpha value is -2.16. The van der Waals surface area contributed by atoms with Crippen LogP contribution in [0.4, 0.5) is 0 Å². The number of hydrogen-bond donors (Lipinski definition) is 0. The summed E-state index contributed by atoms with van der Waals surface area (Å²) in [5.74, 6) is -0.493. The molecule has 0 saturated heterocycles. The van der Waals surface area contributed by atoms with Gasteiger partial charge in [-0.1, -0.05) is 30.3 Å². The first-order valence-corrected chi connectivity index (χ1v) is 4.83. The number of benzene rings is 2. The molecule has 2 aromatic rings. The van der Waals surface area contributed by atoms with Crippen molar-refractivity contribution in [3.8, 4) is 0 Å². The number of ether oxygens (including phenoxy) is 1. The Labute approximate surface area is 92.6 Å². The van der Waals surface area contributed by atoms with Crippen molar-refractivity contribution >= 4 is 23.0 Å². The van der Waals surface area contributed by atoms with Crippen molar-refractivity contribution in [1.29, 1.82) is 0 Å². The Morgan fingerprint density at radius 3 is 2.62 bits per heavy atom. The zero-order chi connectivity index (χ0) is 11.5. The van der Waals surface area contributed by atoms with Crippen molar-refractivity contribution in [2.75, 3.05) is 7.11 Å². The molecular weight excluding hydrogens is 204 g/mol. The van der Waals surface area contributed by atoms with Gasteiger partial charge in [-0.05, 0) is 16.8 Å². The molecule has 0 aromatic heterocycles. The third kappa shape index (κ3) is 1.56. The highest BCUT2D eigenvalue weighted by atomic mass is 16.5. The van der Waals surface area contributed by atoms with Crippen LogP contribution in [0, 0.1) is 0 Å². The van der Waals surface area contributed by atoms with E-state index in [2.05, 4.69) is 4.74 Å². The van der Waals surface area contributed by atoms with Gasteiger partial charge in [0.05, 0.1) is 12.7 Å². The first kappa shape index (κ1) is 10.4. The van der Waals surface area contributed by atoms with Crippen LogP contribution in [-0.4, -0.2) is 19.4 Å². The van der Waals surface area contributed by atoms with Gasteiger partial charge in [0, 0.05) is 5.56 Å². The molecule has 0 radical (unpaired) electrons. The number of carbonyl (C=O) groups excluding carboxylic acids is 2. The fourth-order valence-electron chi connectivity index (χ4n) is 1.71. The average molecular weight is 214 g/mol. The van der Waals surface area contributed by atoms with E-state index >= 15 is 0 Å². The van der Waals surface area contributed by atoms with E-state index in [4.69, 9.17) is 0 Å². The maximum Gasteiger partial charge on any atom is 0.338 e. The molecule has 80 valence electrons. The summed E-state index contributed by atoms with van der Waals surface area (Å²) in [6.45, 7) is 0. The normalized spacial score (nSPS) is 10.1. The predicted molar refractivity (Wildman–Crippen MR) is 60.7 cm³/mol. The monoisotopic (exact) mass is 214 g/mol. The van der Waals surface area contributed by atoms with Gasteiger partial charge in [0.25, 0.3) is 0 Å². The lowest BCUT2D eigenvalue weighted by Crippen LogP contribution is -2.05. The summed E-state index contributed by atoms with van der Waals surface area (Å²) in [6.07, 6.45) is 0.689. The van der Waals surface area contributed by atoms with Crippen LogP contribution in [0.1, 0.15) is 20.7 Å². The molecule has 0 heterocycles. The third-order valence-electron chi connectivity index (χ3n) is 2.49. The summed E-state index contributed by atoms with van der Waals surface area (Å²) in [5.41, 5.74) is 0.682. The highest BCUT2D eigenvalue weighted by Gasteiger charge is 2.13. The molecule has 0 N–H and O–H groups in total. The van der Waals surface area contributed by atoms with E-state index in [1.54, 1.807) is 12.1 Å². The zero-order valence-corrected chi connectivity index (χ0v) is 8.77. The minimum Gasteiger partial charge on any atom is -0.465 e. The van der Waals surface area contributed by atoms with Crippen molar-refractivity contribution in [3.63, 3.8) is 0 Å². The van der Waals surface area contributed by atoms with Gasteiger partial charge in [0.1, 0.15) is 0 Å². The molecule has 3 heteroatoms. The van der Waals surface area contributed by atoms with Crippen LogP contribution >= 0.6 is 0 Å². The molecule has 0 aliphatic rings. The summed E-state index contributed by atoms with van der Waals surface area (Å²) < 4.78 is 4.63. The molecule has 0 amide bonds. The molecule has 3 nitrogen and oxygen atoms in total. The van der Waals surface area contributed by atoms with Gasteiger partial charge in [0.15, 0.2) is 6.29 Å². The maximum atomic E-state index is 11.5. The number of methoxy groups -OCH3 is 1. The molecule has 0 unspecified atom stereocenters. The number of carbonyl (C=O) groups is 2. The minimum absolute atomic E-state index is 0.302. The van der Waals surface area contributed by atoms with Crippen LogP contribution in [0.25, 0.3) is 10.8 Å². The molecule has 0 fully saturated rings. The number of hydrogen-bond acceptors (Lipinski definition) is 3. The van der Waals surface area contributed by atoms with Crippen molar-refractivity contribution in [2.45, 2.75) is 0 Å². The van der Waals surface area contributed by atoms with Crippen LogP contribution in [0.3, 0.4) is 0 Å². The van der Waals surface area contributed by atoms with Crippen molar-refractivity contribution in [3.05, 3.63) is 47.5 Å². The molecule has 0 aliphatic carbocycles. The number of esters is 1. The van der Waals surface area contributed by atoms with Gasteiger partial charge in [-0.25, -0.2) is 4.79 Å². The Bertz CT molecular complexity index is 558. The van der Waals surface area contributed by atoms with E-state index in [9.17, 15) is 9.59 Å². The van der Waals surface area contributed by atoms with E-state index in [0.29, 0.717) is 17.4 Å². The second-order valence-electron chi connectivity index (χ2n) is 3.36. The lowest BCUT2D eigenvalue weighted by molar-refractivity contribution is 0.0598. The maximum absolute atomic E-state index is 11.5. The van der Waals surface area contributed by atoms with Crippen molar-refractivity contribution in [1.82, 2.24) is 0 Å². The molecule has 16 heavy (non-hydrogen) atoms. The van der Waals surface area contributed by atoms with Crippen molar-refractivity contribution < 1.29 is 14.3 Å². The summed E-state index contributed by atoms with van der Waals surface area (Å²) in [4.78, 5) is 22.5. The highest BCUT2D eigenvalue weighted by molar-refractivity contribution is 6.08. The topological polar surface area (TPSA) is 43.4 Å². The Kier molecular flexibility index (Phi) is 2.68. The van der Waals surface area contributed by atoms with E-state index in [1.165, 1.54) is 7.11 Å². The van der Waals surface area contributed by atoms with Gasteiger partial charge in [0.2, 0.25) is 0 Å². The molecule has 0 spiro atoms. The molecule has 0 bridgehead atoms. The number of aldehydes is 1. The quantitative estimate of drug-likeness (QED) is 0.569. The average Bonchev–Trinajstić information content (AvgIpc) is 2.36. The van der Waals surface area contributed by atoms with Crippen molar-refractivity contribution in [2.24, 2.45) is 0 Å². The van der Waals surface area contributed by atoms with Gasteiger partial charge in [-0.2, -0.15) is 0 Å². The second kappa shape index (κ2) is 4.14. The standard InChI is InChI=1S/C13H10O3/c1-16-13(15)11-7-6-9-4-2-3-5-10(9)12(11)8-14/h2-8H,1H3. The van der Waals surface area contributed by atoms with Gasteiger partial charge >= 0.3 is 5.97 Å². The van der Waals surface area contributed by atoms with Gasteiger partial charge < -0.3 is 4.74 Å². The van der Waals surface area contributed by atoms with E-state index < -0.39 is 5.97 Å². The summed E-state index contributed by atoms with van der Waals surface area (Å²) in [5, 5.41) is 1.69. The van der Waals surface area contributed by atoms with Crippen LogP contribution < -0.4 is 0 Å². The smallest absolute Gasteiger partial charge is 0.338 e. The lowest BCUT2D eigenvalue weighted by Gasteiger charge is -2.06. The summed E-state index contributed by atoms with van der Waals surface area (Å²) in [7, 11) is 1.30. The zero-order valence-electron chi connectivity index (χ0n) is 8.77. The SMILES string of the molecule is COC(=O)c1ccc2ccccc2c1C=O. The molecule has 2 aromatic carbocycles. The van der Waals surface area contributed by atoms with Gasteiger partial charge in [-0.15, -0.1) is 0 Å². The fraction of sp³-hybridized carbons (Fsp3) is 0.0769. The minimum atomic E-state index is -0.493. The second-order valence-corrected chi connectivity index (χ2v) is 3.36. The van der Waals surface area contributed by atoms with E-state index in [1.807, 2.05) is 24.3 Å². The van der Waals surface area contributed by atoms with Crippen LogP contribution in [0.15, 0.2) is 36.4 Å². The molecule has 0 atom stereocenters. The molecule has 2 rings (SSSR count).